The van der Waals surface area contributed by atoms with E-state index in [-0.39, 0.29) is 11.0 Å². The van der Waals surface area contributed by atoms with E-state index < -0.39 is 23.3 Å². The third-order valence-electron chi connectivity index (χ3n) is 3.72. The van der Waals surface area contributed by atoms with Crippen molar-refractivity contribution in [1.29, 1.82) is 0 Å². The highest BCUT2D eigenvalue weighted by atomic mass is 16.4. The van der Waals surface area contributed by atoms with Crippen LogP contribution in [-0.4, -0.2) is 42.3 Å². The molecule has 0 atom stereocenters. The Morgan fingerprint density at radius 1 is 0.750 bits per heavy atom. The topological polar surface area (TPSA) is 126 Å². The summed E-state index contributed by atoms with van der Waals surface area (Å²) in [5.74, 6) is -2.92. The Balaban J connectivity index is 2.33. The fourth-order valence-electron chi connectivity index (χ4n) is 2.73. The highest BCUT2D eigenvalue weighted by molar-refractivity contribution is 6.22. The first-order chi connectivity index (χ1) is 11.6. The first-order valence-corrected chi connectivity index (χ1v) is 6.88. The van der Waals surface area contributed by atoms with E-state index in [0.29, 0.717) is 10.9 Å². The Kier molecular flexibility index (Phi) is 2.86. The van der Waals surface area contributed by atoms with Gasteiger partial charge in [0.15, 0.2) is 11.4 Å². The van der Waals surface area contributed by atoms with Gasteiger partial charge in [0.1, 0.15) is 11.0 Å². The standard InChI is InChI=1S/C16H8N4O4/c21-15(22)13-14(16(23)24)19-12-10(18-13)8-4-2-1-3-7(8)9-5-6-17-20-11(9)12/h1-6H,(H,21,22)(H,23,24). The molecular weight excluding hydrogens is 312 g/mol. The molecule has 8 nitrogen and oxygen atoms in total. The van der Waals surface area contributed by atoms with Gasteiger partial charge in [-0.2, -0.15) is 5.10 Å². The largest absolute Gasteiger partial charge is 0.476 e. The van der Waals surface area contributed by atoms with Gasteiger partial charge in [0.25, 0.3) is 0 Å². The number of rotatable bonds is 2. The zero-order valence-corrected chi connectivity index (χ0v) is 12.0. The van der Waals surface area contributed by atoms with Gasteiger partial charge in [-0.25, -0.2) is 19.6 Å². The number of carbonyl (C=O) groups is 2. The highest BCUT2D eigenvalue weighted by Crippen LogP contribution is 2.31. The minimum Gasteiger partial charge on any atom is -0.476 e. The van der Waals surface area contributed by atoms with E-state index in [2.05, 4.69) is 20.2 Å². The number of carboxylic acid groups (broad SMARTS) is 2. The molecule has 0 radical (unpaired) electrons. The zero-order valence-electron chi connectivity index (χ0n) is 12.0. The molecule has 0 aliphatic rings. The molecule has 0 saturated heterocycles. The van der Waals surface area contributed by atoms with Gasteiger partial charge in [-0.05, 0) is 11.5 Å². The minimum absolute atomic E-state index is 0.208. The summed E-state index contributed by atoms with van der Waals surface area (Å²) in [7, 11) is 0. The van der Waals surface area contributed by atoms with Crippen LogP contribution in [0.25, 0.3) is 32.7 Å². The van der Waals surface area contributed by atoms with Crippen molar-refractivity contribution in [3.8, 4) is 0 Å². The van der Waals surface area contributed by atoms with Crippen molar-refractivity contribution in [1.82, 2.24) is 20.2 Å². The van der Waals surface area contributed by atoms with Crippen LogP contribution < -0.4 is 0 Å². The molecule has 2 aromatic carbocycles. The average molecular weight is 320 g/mol. The number of aromatic carboxylic acids is 2. The first-order valence-electron chi connectivity index (χ1n) is 6.88. The van der Waals surface area contributed by atoms with E-state index in [9.17, 15) is 19.8 Å². The molecule has 116 valence electrons. The van der Waals surface area contributed by atoms with Crippen LogP contribution in [0.4, 0.5) is 0 Å². The Hall–Kier alpha value is -3.68. The summed E-state index contributed by atoms with van der Waals surface area (Å²) in [6.45, 7) is 0. The molecule has 2 aromatic heterocycles. The molecule has 0 unspecified atom stereocenters. The zero-order chi connectivity index (χ0) is 16.8. The van der Waals surface area contributed by atoms with Crippen LogP contribution in [-0.2, 0) is 0 Å². The van der Waals surface area contributed by atoms with Crippen molar-refractivity contribution in [2.24, 2.45) is 0 Å². The summed E-state index contributed by atoms with van der Waals surface area (Å²) in [5, 5.41) is 28.6. The molecule has 2 heterocycles. The Morgan fingerprint density at radius 2 is 1.33 bits per heavy atom. The van der Waals surface area contributed by atoms with E-state index in [4.69, 9.17) is 0 Å². The van der Waals surface area contributed by atoms with Gasteiger partial charge in [-0.1, -0.05) is 24.3 Å². The molecule has 2 N–H and O–H groups in total. The molecule has 0 aliphatic carbocycles. The second-order valence-corrected chi connectivity index (χ2v) is 5.07. The number of hydrogen-bond donors (Lipinski definition) is 2. The quantitative estimate of drug-likeness (QED) is 0.538. The molecule has 0 aliphatic heterocycles. The van der Waals surface area contributed by atoms with Gasteiger partial charge in [0.2, 0.25) is 0 Å². The molecule has 0 bridgehead atoms. The van der Waals surface area contributed by atoms with Gasteiger partial charge < -0.3 is 10.2 Å². The Labute approximate surface area is 133 Å². The van der Waals surface area contributed by atoms with Crippen molar-refractivity contribution in [2.45, 2.75) is 0 Å². The lowest BCUT2D eigenvalue weighted by Crippen LogP contribution is -2.13. The fraction of sp³-hybridized carbons (Fsp3) is 0. The summed E-state index contributed by atoms with van der Waals surface area (Å²) in [6, 6.07) is 9.00. The molecule has 4 aromatic rings. The van der Waals surface area contributed by atoms with Gasteiger partial charge in [0.05, 0.1) is 11.7 Å². The fourth-order valence-corrected chi connectivity index (χ4v) is 2.73. The SMILES string of the molecule is O=C(O)c1nc2c3ccccc3c3ccnnc3c2nc1C(=O)O. The van der Waals surface area contributed by atoms with E-state index in [0.717, 1.165) is 10.8 Å². The number of benzene rings is 2. The summed E-state index contributed by atoms with van der Waals surface area (Å²) < 4.78 is 0. The van der Waals surface area contributed by atoms with Crippen LogP contribution in [0.15, 0.2) is 36.5 Å². The number of fused-ring (bicyclic) bond motifs is 6. The van der Waals surface area contributed by atoms with Gasteiger partial charge in [0, 0.05) is 10.8 Å². The van der Waals surface area contributed by atoms with E-state index in [1.807, 2.05) is 12.1 Å². The normalized spacial score (nSPS) is 11.2. The molecule has 4 rings (SSSR count). The smallest absolute Gasteiger partial charge is 0.357 e. The van der Waals surface area contributed by atoms with Gasteiger partial charge in [-0.3, -0.25) is 0 Å². The lowest BCUT2D eigenvalue weighted by Gasteiger charge is -2.09. The van der Waals surface area contributed by atoms with Crippen LogP contribution in [0, 0.1) is 0 Å². The lowest BCUT2D eigenvalue weighted by molar-refractivity contribution is 0.0642. The second-order valence-electron chi connectivity index (χ2n) is 5.07. The van der Waals surface area contributed by atoms with Crippen molar-refractivity contribution in [2.75, 3.05) is 0 Å². The van der Waals surface area contributed by atoms with E-state index in [1.54, 1.807) is 18.2 Å². The number of carboxylic acids is 2. The first kappa shape index (κ1) is 13.9. The van der Waals surface area contributed by atoms with Crippen molar-refractivity contribution in [3.05, 3.63) is 47.9 Å². The molecule has 0 amide bonds. The van der Waals surface area contributed by atoms with Gasteiger partial charge >= 0.3 is 11.9 Å². The summed E-state index contributed by atoms with van der Waals surface area (Å²) in [6.07, 6.45) is 1.53. The maximum absolute atomic E-state index is 11.4. The number of nitrogens with zero attached hydrogens (tertiary/aromatic N) is 4. The van der Waals surface area contributed by atoms with Crippen LogP contribution in [0.1, 0.15) is 21.0 Å². The molecular formula is C16H8N4O4. The van der Waals surface area contributed by atoms with E-state index >= 15 is 0 Å². The van der Waals surface area contributed by atoms with Crippen LogP contribution >= 0.6 is 0 Å². The minimum atomic E-state index is -1.47. The van der Waals surface area contributed by atoms with Crippen molar-refractivity contribution < 1.29 is 19.8 Å². The summed E-state index contributed by atoms with van der Waals surface area (Å²) >= 11 is 0. The Morgan fingerprint density at radius 3 is 2.00 bits per heavy atom. The van der Waals surface area contributed by atoms with Gasteiger partial charge in [-0.15, -0.1) is 5.10 Å². The Bertz CT molecular complexity index is 1080. The van der Waals surface area contributed by atoms with E-state index in [1.165, 1.54) is 6.20 Å². The molecule has 0 saturated carbocycles. The molecule has 0 spiro atoms. The third kappa shape index (κ3) is 1.86. The van der Waals surface area contributed by atoms with Crippen molar-refractivity contribution >= 4 is 44.6 Å². The number of aromatic nitrogens is 4. The molecule has 24 heavy (non-hydrogen) atoms. The van der Waals surface area contributed by atoms with Crippen LogP contribution in [0.2, 0.25) is 0 Å². The second kappa shape index (κ2) is 4.92. The summed E-state index contributed by atoms with van der Waals surface area (Å²) in [4.78, 5) is 30.8. The van der Waals surface area contributed by atoms with Crippen molar-refractivity contribution in [3.63, 3.8) is 0 Å². The monoisotopic (exact) mass is 320 g/mol. The predicted molar refractivity (Wildman–Crippen MR) is 84.1 cm³/mol. The maximum Gasteiger partial charge on any atom is 0.357 e. The molecule has 8 heteroatoms. The predicted octanol–water partition coefficient (Wildman–Crippen LogP) is 2.12. The summed E-state index contributed by atoms with van der Waals surface area (Å²) in [5.41, 5.74) is -0.376. The molecule has 0 fully saturated rings. The van der Waals surface area contributed by atoms with Crippen LogP contribution in [0.5, 0.6) is 0 Å². The lowest BCUT2D eigenvalue weighted by atomic mass is 10.0. The highest BCUT2D eigenvalue weighted by Gasteiger charge is 2.23. The average Bonchev–Trinajstić information content (AvgIpc) is 2.60. The maximum atomic E-state index is 11.4. The third-order valence-corrected chi connectivity index (χ3v) is 3.72. The van der Waals surface area contributed by atoms with Crippen LogP contribution in [0.3, 0.4) is 0 Å². The number of hydrogen-bond acceptors (Lipinski definition) is 6.